The predicted octanol–water partition coefficient (Wildman–Crippen LogP) is 1.02. The van der Waals surface area contributed by atoms with Gasteiger partial charge in [-0.05, 0) is 31.7 Å². The minimum atomic E-state index is -3.03. The number of aliphatic hydroxyl groups is 1. The summed E-state index contributed by atoms with van der Waals surface area (Å²) >= 11 is 0. The van der Waals surface area contributed by atoms with Gasteiger partial charge in [-0.3, -0.25) is 0 Å². The van der Waals surface area contributed by atoms with Crippen LogP contribution >= 0.6 is 0 Å². The number of sulfone groups is 1. The zero-order chi connectivity index (χ0) is 13.7. The third-order valence-corrected chi connectivity index (χ3v) is 7.02. The van der Waals surface area contributed by atoms with Gasteiger partial charge in [0, 0.05) is 17.8 Å². The fourth-order valence-corrected chi connectivity index (χ4v) is 5.75. The van der Waals surface area contributed by atoms with Crippen molar-refractivity contribution in [1.29, 1.82) is 0 Å². The number of hydrogen-bond acceptors (Lipinski definition) is 5. The Hall–Kier alpha value is -1.14. The van der Waals surface area contributed by atoms with Gasteiger partial charge in [0.15, 0.2) is 9.84 Å². The average molecular weight is 283 g/mol. The number of rotatable bonds is 2. The molecule has 0 aliphatic carbocycles. The molecular formula is C13H17NO4S. The van der Waals surface area contributed by atoms with Gasteiger partial charge in [-0.2, -0.15) is 0 Å². The van der Waals surface area contributed by atoms with Crippen LogP contribution in [0.3, 0.4) is 0 Å². The summed E-state index contributed by atoms with van der Waals surface area (Å²) in [5.41, 5.74) is -0.392. The van der Waals surface area contributed by atoms with Gasteiger partial charge in [-0.25, -0.2) is 13.4 Å². The van der Waals surface area contributed by atoms with Crippen LogP contribution in [0, 0.1) is 0 Å². The second kappa shape index (κ2) is 4.18. The van der Waals surface area contributed by atoms with Crippen molar-refractivity contribution in [3.63, 3.8) is 0 Å². The number of methoxy groups -OCH3 is 1. The zero-order valence-corrected chi connectivity index (χ0v) is 11.6. The maximum atomic E-state index is 12.0. The Labute approximate surface area is 112 Å². The van der Waals surface area contributed by atoms with Crippen LogP contribution in [0.15, 0.2) is 18.3 Å². The molecule has 2 fully saturated rings. The molecule has 0 aromatic carbocycles. The molecule has 2 atom stereocenters. The molecule has 104 valence electrons. The first kappa shape index (κ1) is 12.9. The molecule has 2 aliphatic rings. The SMILES string of the molecule is COc1ccc(C2(O)CC3CCC(C2)S3(=O)=O)cn1. The van der Waals surface area contributed by atoms with E-state index in [0.717, 1.165) is 0 Å². The van der Waals surface area contributed by atoms with Crippen molar-refractivity contribution in [2.75, 3.05) is 7.11 Å². The van der Waals surface area contributed by atoms with Crippen molar-refractivity contribution in [2.24, 2.45) is 0 Å². The van der Waals surface area contributed by atoms with E-state index >= 15 is 0 Å². The summed E-state index contributed by atoms with van der Waals surface area (Å²) in [7, 11) is -1.49. The molecule has 0 amide bonds. The highest BCUT2D eigenvalue weighted by Crippen LogP contribution is 2.47. The zero-order valence-electron chi connectivity index (χ0n) is 10.7. The van der Waals surface area contributed by atoms with E-state index in [0.29, 0.717) is 24.3 Å². The van der Waals surface area contributed by atoms with Crippen LogP contribution < -0.4 is 4.74 Å². The lowest BCUT2D eigenvalue weighted by molar-refractivity contribution is 0.0169. The lowest BCUT2D eigenvalue weighted by Crippen LogP contribution is -2.43. The van der Waals surface area contributed by atoms with Gasteiger partial charge >= 0.3 is 0 Å². The van der Waals surface area contributed by atoms with Gasteiger partial charge in [-0.1, -0.05) is 0 Å². The van der Waals surface area contributed by atoms with Crippen molar-refractivity contribution < 1.29 is 18.3 Å². The quantitative estimate of drug-likeness (QED) is 0.877. The summed E-state index contributed by atoms with van der Waals surface area (Å²) in [6.07, 6.45) is 3.47. The van der Waals surface area contributed by atoms with Crippen molar-refractivity contribution in [2.45, 2.75) is 41.8 Å². The topological polar surface area (TPSA) is 76.5 Å². The lowest BCUT2D eigenvalue weighted by atomic mass is 9.87. The molecule has 6 heteroatoms. The van der Waals surface area contributed by atoms with Crippen LogP contribution in [0.4, 0.5) is 0 Å². The Bertz CT molecular complexity index is 561. The van der Waals surface area contributed by atoms with E-state index in [-0.39, 0.29) is 12.8 Å². The number of aromatic nitrogens is 1. The highest BCUT2D eigenvalue weighted by atomic mass is 32.2. The van der Waals surface area contributed by atoms with E-state index in [1.165, 1.54) is 7.11 Å². The van der Waals surface area contributed by atoms with E-state index in [4.69, 9.17) is 4.74 Å². The first-order valence-corrected chi connectivity index (χ1v) is 8.02. The molecule has 19 heavy (non-hydrogen) atoms. The van der Waals surface area contributed by atoms with Crippen molar-refractivity contribution >= 4 is 9.84 Å². The van der Waals surface area contributed by atoms with Crippen LogP contribution in [-0.2, 0) is 15.4 Å². The normalized spacial score (nSPS) is 36.1. The largest absolute Gasteiger partial charge is 0.481 e. The Morgan fingerprint density at radius 1 is 1.32 bits per heavy atom. The van der Waals surface area contributed by atoms with Crippen molar-refractivity contribution in [3.8, 4) is 5.88 Å². The maximum Gasteiger partial charge on any atom is 0.212 e. The molecule has 1 aromatic heterocycles. The lowest BCUT2D eigenvalue weighted by Gasteiger charge is -2.36. The summed E-state index contributed by atoms with van der Waals surface area (Å²) in [5, 5.41) is 9.97. The second-order valence-corrected chi connectivity index (χ2v) is 7.95. The molecule has 2 aliphatic heterocycles. The summed E-state index contributed by atoms with van der Waals surface area (Å²) < 4.78 is 29.1. The van der Waals surface area contributed by atoms with Gasteiger partial charge in [-0.15, -0.1) is 0 Å². The first-order chi connectivity index (χ1) is 8.95. The number of pyridine rings is 1. The van der Waals surface area contributed by atoms with Gasteiger partial charge in [0.1, 0.15) is 0 Å². The molecule has 2 unspecified atom stereocenters. The molecule has 0 spiro atoms. The predicted molar refractivity (Wildman–Crippen MR) is 69.6 cm³/mol. The Balaban J connectivity index is 1.92. The molecule has 3 rings (SSSR count). The van der Waals surface area contributed by atoms with Crippen molar-refractivity contribution in [3.05, 3.63) is 23.9 Å². The van der Waals surface area contributed by atoms with Gasteiger partial charge in [0.05, 0.1) is 23.2 Å². The Morgan fingerprint density at radius 3 is 2.42 bits per heavy atom. The standard InChI is InChI=1S/C13H17NO4S/c1-18-12-5-2-9(8-14-12)13(15)6-10-3-4-11(7-13)19(10,16)17/h2,5,8,10-11,15H,3-4,6-7H2,1H3. The third-order valence-electron chi connectivity index (χ3n) is 4.35. The summed E-state index contributed by atoms with van der Waals surface area (Å²) in [6.45, 7) is 0. The molecule has 2 saturated heterocycles. The molecule has 1 N–H and O–H groups in total. The van der Waals surface area contributed by atoms with Crippen LogP contribution in [0.1, 0.15) is 31.2 Å². The molecular weight excluding hydrogens is 266 g/mol. The highest BCUT2D eigenvalue weighted by Gasteiger charge is 2.53. The molecule has 3 heterocycles. The first-order valence-electron chi connectivity index (χ1n) is 6.41. The van der Waals surface area contributed by atoms with Crippen LogP contribution in [0.25, 0.3) is 0 Å². The molecule has 2 bridgehead atoms. The van der Waals surface area contributed by atoms with Crippen LogP contribution in [0.2, 0.25) is 0 Å². The number of ether oxygens (including phenoxy) is 1. The van der Waals surface area contributed by atoms with Crippen LogP contribution in [-0.4, -0.2) is 36.1 Å². The Morgan fingerprint density at radius 2 is 1.95 bits per heavy atom. The number of fused-ring (bicyclic) bond motifs is 2. The molecule has 5 nitrogen and oxygen atoms in total. The molecule has 0 saturated carbocycles. The Kier molecular flexibility index (Phi) is 2.83. The summed E-state index contributed by atoms with van der Waals surface area (Å²) in [5.74, 6) is 0.485. The van der Waals surface area contributed by atoms with Gasteiger partial charge in [0.2, 0.25) is 5.88 Å². The molecule has 1 aromatic rings. The molecule has 0 radical (unpaired) electrons. The minimum Gasteiger partial charge on any atom is -0.481 e. The number of hydrogen-bond donors (Lipinski definition) is 1. The van der Waals surface area contributed by atoms with E-state index in [1.54, 1.807) is 18.3 Å². The monoisotopic (exact) mass is 283 g/mol. The van der Waals surface area contributed by atoms with E-state index in [1.807, 2.05) is 0 Å². The number of nitrogens with zero attached hydrogens (tertiary/aromatic N) is 1. The fourth-order valence-electron chi connectivity index (χ4n) is 3.26. The smallest absolute Gasteiger partial charge is 0.212 e. The van der Waals surface area contributed by atoms with Crippen LogP contribution in [0.5, 0.6) is 5.88 Å². The second-order valence-electron chi connectivity index (χ2n) is 5.44. The van der Waals surface area contributed by atoms with Crippen molar-refractivity contribution in [1.82, 2.24) is 4.98 Å². The summed E-state index contributed by atoms with van der Waals surface area (Å²) in [4.78, 5) is 4.09. The summed E-state index contributed by atoms with van der Waals surface area (Å²) in [6, 6.07) is 3.46. The van der Waals surface area contributed by atoms with Gasteiger partial charge < -0.3 is 9.84 Å². The fraction of sp³-hybridized carbons (Fsp3) is 0.615. The minimum absolute atomic E-state index is 0.278. The van der Waals surface area contributed by atoms with E-state index in [9.17, 15) is 13.5 Å². The highest BCUT2D eigenvalue weighted by molar-refractivity contribution is 7.93. The van der Waals surface area contributed by atoms with E-state index < -0.39 is 25.9 Å². The van der Waals surface area contributed by atoms with Gasteiger partial charge in [0.25, 0.3) is 0 Å². The maximum absolute atomic E-state index is 12.0. The average Bonchev–Trinajstić information content (AvgIpc) is 2.58. The van der Waals surface area contributed by atoms with E-state index in [2.05, 4.69) is 4.98 Å². The third kappa shape index (κ3) is 1.94.